The first-order valence-electron chi connectivity index (χ1n) is 15.3. The van der Waals surface area contributed by atoms with Gasteiger partial charge >= 0.3 is 12.1 Å². The van der Waals surface area contributed by atoms with Crippen molar-refractivity contribution < 1.29 is 42.2 Å². The van der Waals surface area contributed by atoms with Crippen LogP contribution in [-0.4, -0.2) is 37.5 Å². The number of carbonyl (C=O) groups excluding carboxylic acids is 2. The number of carbonyl (C=O) groups is 2. The number of hydrogen-bond acceptors (Lipinski definition) is 8. The number of esters is 1. The molecule has 1 fully saturated rings. The van der Waals surface area contributed by atoms with Gasteiger partial charge in [-0.1, -0.05) is 67.5 Å². The van der Waals surface area contributed by atoms with E-state index in [1.165, 1.54) is 31.7 Å². The van der Waals surface area contributed by atoms with Crippen molar-refractivity contribution >= 4 is 12.3 Å². The summed E-state index contributed by atoms with van der Waals surface area (Å²) in [5.74, 6) is 0.599. The molecule has 0 unspecified atom stereocenters. The molecule has 0 saturated heterocycles. The van der Waals surface area contributed by atoms with Crippen molar-refractivity contribution in [2.45, 2.75) is 77.7 Å². The van der Waals surface area contributed by atoms with Gasteiger partial charge in [0.05, 0.1) is 18.7 Å². The van der Waals surface area contributed by atoms with E-state index in [1.807, 2.05) is 13.0 Å². The summed E-state index contributed by atoms with van der Waals surface area (Å²) in [6.07, 6.45) is 13.6. The number of ether oxygens (including phenoxy) is 2. The number of alkyl halides is 3. The third-order valence-electron chi connectivity index (χ3n) is 6.50. The predicted molar refractivity (Wildman–Crippen MR) is 169 cm³/mol. The Balaban J connectivity index is 0.000000376. The average molecular weight is 651 g/mol. The molecular formula is C34H45F3N2O7. The number of benzene rings is 2. The molecule has 0 radical (unpaired) electrons. The van der Waals surface area contributed by atoms with Crippen LogP contribution in [0.3, 0.4) is 0 Å². The van der Waals surface area contributed by atoms with Gasteiger partial charge in [-0.2, -0.15) is 13.2 Å². The molecule has 0 aromatic heterocycles. The van der Waals surface area contributed by atoms with Crippen LogP contribution < -0.4 is 10.1 Å². The monoisotopic (exact) mass is 650 g/mol. The van der Waals surface area contributed by atoms with Gasteiger partial charge in [-0.05, 0) is 81.3 Å². The van der Waals surface area contributed by atoms with Crippen LogP contribution in [0.4, 0.5) is 13.2 Å². The first-order chi connectivity index (χ1) is 22.1. The van der Waals surface area contributed by atoms with Gasteiger partial charge in [0, 0.05) is 6.42 Å². The van der Waals surface area contributed by atoms with Gasteiger partial charge in [0.25, 0.3) is 5.09 Å². The van der Waals surface area contributed by atoms with Crippen molar-refractivity contribution in [2.75, 3.05) is 20.2 Å². The van der Waals surface area contributed by atoms with Crippen molar-refractivity contribution in [1.82, 2.24) is 5.32 Å². The number of aldehydes is 1. The van der Waals surface area contributed by atoms with E-state index < -0.39 is 16.8 Å². The summed E-state index contributed by atoms with van der Waals surface area (Å²) < 4.78 is 47.9. The number of unbranched alkanes of at least 4 members (excludes halogenated alkanes) is 2. The van der Waals surface area contributed by atoms with Crippen LogP contribution in [0.15, 0.2) is 72.8 Å². The van der Waals surface area contributed by atoms with Gasteiger partial charge < -0.3 is 24.4 Å². The van der Waals surface area contributed by atoms with Crippen LogP contribution in [0.2, 0.25) is 0 Å². The summed E-state index contributed by atoms with van der Waals surface area (Å²) in [5, 5.41) is 11.9. The van der Waals surface area contributed by atoms with Crippen LogP contribution in [0.5, 0.6) is 5.75 Å². The Hall–Kier alpha value is -4.19. The molecule has 0 heterocycles. The summed E-state index contributed by atoms with van der Waals surface area (Å²) in [7, 11) is 1.65. The molecule has 2 aromatic carbocycles. The van der Waals surface area contributed by atoms with Crippen LogP contribution in [0.25, 0.3) is 0 Å². The SMILES string of the molecule is C/C=C\CCCC=O.CNCC(=O)OCc1cccc(CO[N+](=O)[O-])c1.FC(F)(F)c1cccc(OCC/C=C/C2CCCC2)c1. The third-order valence-corrected chi connectivity index (χ3v) is 6.50. The van der Waals surface area contributed by atoms with Gasteiger partial charge in [0.2, 0.25) is 0 Å². The number of nitrogens with one attached hydrogen (secondary N) is 1. The lowest BCUT2D eigenvalue weighted by molar-refractivity contribution is -0.763. The molecule has 0 bridgehead atoms. The maximum absolute atomic E-state index is 12.5. The van der Waals surface area contributed by atoms with Gasteiger partial charge in [0.15, 0.2) is 0 Å². The number of rotatable bonds is 16. The fraction of sp³-hybridized carbons (Fsp3) is 0.471. The van der Waals surface area contributed by atoms with E-state index in [0.29, 0.717) is 24.5 Å². The number of allylic oxidation sites excluding steroid dienone is 3. The second kappa shape index (κ2) is 24.1. The van der Waals surface area contributed by atoms with E-state index in [2.05, 4.69) is 28.4 Å². The highest BCUT2D eigenvalue weighted by molar-refractivity contribution is 5.71. The van der Waals surface area contributed by atoms with Crippen LogP contribution in [0.1, 0.15) is 75.0 Å². The molecule has 46 heavy (non-hydrogen) atoms. The van der Waals surface area contributed by atoms with Crippen LogP contribution >= 0.6 is 0 Å². The molecule has 0 atom stereocenters. The summed E-state index contributed by atoms with van der Waals surface area (Å²) in [6.45, 7) is 2.55. The van der Waals surface area contributed by atoms with E-state index in [1.54, 1.807) is 37.4 Å². The lowest BCUT2D eigenvalue weighted by atomic mass is 10.1. The summed E-state index contributed by atoms with van der Waals surface area (Å²) in [6, 6.07) is 11.9. The molecule has 1 N–H and O–H groups in total. The molecule has 9 nitrogen and oxygen atoms in total. The maximum atomic E-state index is 12.5. The first kappa shape index (κ1) is 39.8. The Bertz CT molecular complexity index is 1210. The van der Waals surface area contributed by atoms with Crippen molar-refractivity contribution in [1.29, 1.82) is 0 Å². The highest BCUT2D eigenvalue weighted by Gasteiger charge is 2.30. The second-order valence-electron chi connectivity index (χ2n) is 10.3. The Morgan fingerprint density at radius 3 is 2.35 bits per heavy atom. The number of likely N-dealkylation sites (N-methyl/N-ethyl adjacent to an activating group) is 1. The van der Waals surface area contributed by atoms with E-state index in [-0.39, 0.29) is 31.5 Å². The number of halogens is 3. The fourth-order valence-corrected chi connectivity index (χ4v) is 4.23. The van der Waals surface area contributed by atoms with Crippen molar-refractivity contribution in [3.8, 4) is 5.75 Å². The quantitative estimate of drug-likeness (QED) is 0.0488. The van der Waals surface area contributed by atoms with Gasteiger partial charge in [-0.15, -0.1) is 10.1 Å². The average Bonchev–Trinajstić information content (AvgIpc) is 3.56. The zero-order valence-corrected chi connectivity index (χ0v) is 26.5. The molecule has 2 aromatic rings. The molecular weight excluding hydrogens is 605 g/mol. The fourth-order valence-electron chi connectivity index (χ4n) is 4.23. The maximum Gasteiger partial charge on any atom is 0.416 e. The first-order valence-corrected chi connectivity index (χ1v) is 15.3. The van der Waals surface area contributed by atoms with Crippen LogP contribution in [-0.2, 0) is 38.6 Å². The zero-order chi connectivity index (χ0) is 34.0. The lowest BCUT2D eigenvalue weighted by Gasteiger charge is -2.09. The molecule has 0 aliphatic heterocycles. The molecule has 0 amide bonds. The van der Waals surface area contributed by atoms with E-state index in [9.17, 15) is 32.9 Å². The minimum absolute atomic E-state index is 0.120. The Labute approximate surface area is 268 Å². The summed E-state index contributed by atoms with van der Waals surface area (Å²) in [4.78, 5) is 35.2. The van der Waals surface area contributed by atoms with E-state index in [4.69, 9.17) is 9.47 Å². The number of hydrogen-bond donors (Lipinski definition) is 1. The van der Waals surface area contributed by atoms with Gasteiger partial charge in [-0.25, -0.2) is 0 Å². The summed E-state index contributed by atoms with van der Waals surface area (Å²) in [5.41, 5.74) is 0.731. The zero-order valence-electron chi connectivity index (χ0n) is 26.5. The van der Waals surface area contributed by atoms with Gasteiger partial charge in [-0.3, -0.25) is 4.79 Å². The predicted octanol–water partition coefficient (Wildman–Crippen LogP) is 7.81. The molecule has 1 aliphatic rings. The molecule has 1 aliphatic carbocycles. The van der Waals surface area contributed by atoms with E-state index in [0.717, 1.165) is 43.2 Å². The minimum atomic E-state index is -4.32. The smallest absolute Gasteiger partial charge is 0.416 e. The Morgan fingerprint density at radius 1 is 1.02 bits per heavy atom. The van der Waals surface area contributed by atoms with Crippen molar-refractivity contribution in [3.63, 3.8) is 0 Å². The molecule has 0 spiro atoms. The highest BCUT2D eigenvalue weighted by atomic mass is 19.4. The van der Waals surface area contributed by atoms with Crippen LogP contribution in [0, 0.1) is 16.0 Å². The largest absolute Gasteiger partial charge is 0.493 e. The molecule has 254 valence electrons. The highest BCUT2D eigenvalue weighted by Crippen LogP contribution is 2.31. The standard InChI is InChI=1S/C16H19F3O.C11H14N2O5.C7H12O/c17-16(18,19)14-9-5-10-15(12-14)20-11-4-3-8-13-6-1-2-7-13;1-12-6-11(14)17-7-9-3-2-4-10(5-9)8-18-13(15)16;1-2-3-4-5-6-7-8/h3,5,8-10,12-13H,1-2,4,6-7,11H2;2-5,12H,6-8H2,1H3;2-3,7H,4-6H2,1H3/b8-3+;;3-2-. The second-order valence-corrected chi connectivity index (χ2v) is 10.3. The normalized spacial score (nSPS) is 13.0. The lowest BCUT2D eigenvalue weighted by Crippen LogP contribution is -2.20. The summed E-state index contributed by atoms with van der Waals surface area (Å²) >= 11 is 0. The molecule has 1 saturated carbocycles. The molecule has 12 heteroatoms. The van der Waals surface area contributed by atoms with Crippen molar-refractivity contribution in [3.05, 3.63) is 99.6 Å². The van der Waals surface area contributed by atoms with Gasteiger partial charge in [0.1, 0.15) is 25.2 Å². The molecule has 3 rings (SSSR count). The van der Waals surface area contributed by atoms with E-state index >= 15 is 0 Å². The minimum Gasteiger partial charge on any atom is -0.493 e. The Morgan fingerprint density at radius 2 is 1.72 bits per heavy atom. The van der Waals surface area contributed by atoms with Crippen molar-refractivity contribution in [2.24, 2.45) is 5.92 Å². The topological polar surface area (TPSA) is 117 Å². The Kier molecular flexibility index (Phi) is 20.9. The third kappa shape index (κ3) is 20.0. The number of nitrogens with zero attached hydrogens (tertiary/aromatic N) is 1.